The molecule has 19 heavy (non-hydrogen) atoms. The van der Waals surface area contributed by atoms with E-state index in [2.05, 4.69) is 14.9 Å². The first-order chi connectivity index (χ1) is 8.92. The molecule has 1 aromatic carbocycles. The number of hydrogen-bond acceptors (Lipinski definition) is 3. The molecule has 0 bridgehead atoms. The maximum atomic E-state index is 13.7. The van der Waals surface area contributed by atoms with Crippen LogP contribution in [0.4, 0.5) is 4.39 Å². The fourth-order valence-corrected chi connectivity index (χ4v) is 2.83. The fraction of sp³-hybridized carbons (Fsp3) is 0.182. The molecule has 1 heterocycles. The Hall–Kier alpha value is -1.44. The number of halogens is 2. The summed E-state index contributed by atoms with van der Waals surface area (Å²) in [7, 11) is -3.96. The molecular weight excluding hydrogens is 293 g/mol. The summed E-state index contributed by atoms with van der Waals surface area (Å²) < 4.78 is 39.9. The molecule has 0 saturated carbocycles. The zero-order chi connectivity index (χ0) is 14.0. The Morgan fingerprint density at radius 2 is 2.21 bits per heavy atom. The molecule has 8 heteroatoms. The highest BCUT2D eigenvalue weighted by Gasteiger charge is 2.20. The first kappa shape index (κ1) is 14.0. The topological polar surface area (TPSA) is 74.8 Å². The molecule has 0 aliphatic carbocycles. The van der Waals surface area contributed by atoms with Crippen LogP contribution in [0.25, 0.3) is 0 Å². The Labute approximate surface area is 114 Å². The smallest absolute Gasteiger partial charge is 0.243 e. The number of benzene rings is 1. The van der Waals surface area contributed by atoms with E-state index in [9.17, 15) is 12.8 Å². The van der Waals surface area contributed by atoms with Crippen molar-refractivity contribution in [3.8, 4) is 0 Å². The van der Waals surface area contributed by atoms with Crippen molar-refractivity contribution in [1.29, 1.82) is 0 Å². The van der Waals surface area contributed by atoms with Crippen LogP contribution in [0.5, 0.6) is 0 Å². The standard InChI is InChI=1S/C11H11ClFN3O2S/c1-7-8(5-14-16-7)6-15-19(17,18)10-4-2-3-9(12)11(10)13/h2-5,15H,6H2,1H3,(H,14,16). The van der Waals surface area contributed by atoms with E-state index in [0.717, 1.165) is 11.8 Å². The fourth-order valence-electron chi connectivity index (χ4n) is 1.50. The van der Waals surface area contributed by atoms with E-state index in [1.54, 1.807) is 6.92 Å². The Morgan fingerprint density at radius 3 is 2.84 bits per heavy atom. The minimum atomic E-state index is -3.96. The van der Waals surface area contributed by atoms with Crippen molar-refractivity contribution in [3.63, 3.8) is 0 Å². The zero-order valence-electron chi connectivity index (χ0n) is 9.94. The molecule has 2 rings (SSSR count). The molecule has 0 aliphatic heterocycles. The van der Waals surface area contributed by atoms with Crippen molar-refractivity contribution >= 4 is 21.6 Å². The number of nitrogens with zero attached hydrogens (tertiary/aromatic N) is 1. The van der Waals surface area contributed by atoms with Crippen molar-refractivity contribution in [2.24, 2.45) is 0 Å². The van der Waals surface area contributed by atoms with Gasteiger partial charge in [0, 0.05) is 17.8 Å². The summed E-state index contributed by atoms with van der Waals surface area (Å²) in [5.41, 5.74) is 1.43. The van der Waals surface area contributed by atoms with Crippen LogP contribution in [0.2, 0.25) is 5.02 Å². The molecule has 0 aliphatic rings. The van der Waals surface area contributed by atoms with Crippen molar-refractivity contribution < 1.29 is 12.8 Å². The molecule has 2 N–H and O–H groups in total. The van der Waals surface area contributed by atoms with Crippen LogP contribution < -0.4 is 4.72 Å². The molecule has 0 fully saturated rings. The highest BCUT2D eigenvalue weighted by molar-refractivity contribution is 7.89. The number of nitrogens with one attached hydrogen (secondary N) is 2. The Morgan fingerprint density at radius 1 is 1.47 bits per heavy atom. The van der Waals surface area contributed by atoms with Gasteiger partial charge in [0.15, 0.2) is 5.82 Å². The van der Waals surface area contributed by atoms with Gasteiger partial charge in [-0.25, -0.2) is 17.5 Å². The lowest BCUT2D eigenvalue weighted by Gasteiger charge is -2.07. The maximum absolute atomic E-state index is 13.7. The van der Waals surface area contributed by atoms with Gasteiger partial charge in [-0.3, -0.25) is 5.10 Å². The lowest BCUT2D eigenvalue weighted by atomic mass is 10.3. The molecule has 2 aromatic rings. The Bertz CT molecular complexity index is 700. The number of sulfonamides is 1. The van der Waals surface area contributed by atoms with Crippen LogP contribution in [0.1, 0.15) is 11.3 Å². The van der Waals surface area contributed by atoms with Crippen molar-refractivity contribution in [1.82, 2.24) is 14.9 Å². The van der Waals surface area contributed by atoms with E-state index in [4.69, 9.17) is 11.6 Å². The molecule has 1 aromatic heterocycles. The van der Waals surface area contributed by atoms with Gasteiger partial charge >= 0.3 is 0 Å². The van der Waals surface area contributed by atoms with Gasteiger partial charge in [0.05, 0.1) is 11.2 Å². The number of aryl methyl sites for hydroxylation is 1. The summed E-state index contributed by atoms with van der Waals surface area (Å²) in [5.74, 6) is -0.958. The summed E-state index contributed by atoms with van der Waals surface area (Å²) in [5, 5.41) is 6.22. The van der Waals surface area contributed by atoms with E-state index in [0.29, 0.717) is 5.56 Å². The zero-order valence-corrected chi connectivity index (χ0v) is 11.5. The minimum Gasteiger partial charge on any atom is -0.283 e. The average molecular weight is 304 g/mol. The molecule has 5 nitrogen and oxygen atoms in total. The highest BCUT2D eigenvalue weighted by Crippen LogP contribution is 2.21. The van der Waals surface area contributed by atoms with E-state index in [-0.39, 0.29) is 11.6 Å². The van der Waals surface area contributed by atoms with Crippen molar-refractivity contribution in [2.45, 2.75) is 18.4 Å². The van der Waals surface area contributed by atoms with Crippen LogP contribution in [-0.4, -0.2) is 18.6 Å². The first-order valence-electron chi connectivity index (χ1n) is 5.34. The predicted octanol–water partition coefficient (Wildman–Crippen LogP) is 1.99. The normalized spacial score (nSPS) is 11.7. The number of aromatic amines is 1. The second-order valence-corrected chi connectivity index (χ2v) is 6.04. The molecule has 102 valence electrons. The summed E-state index contributed by atoms with van der Waals surface area (Å²) in [6.07, 6.45) is 1.51. The van der Waals surface area contributed by atoms with E-state index in [1.165, 1.54) is 18.3 Å². The van der Waals surface area contributed by atoms with Gasteiger partial charge in [-0.1, -0.05) is 17.7 Å². The van der Waals surface area contributed by atoms with Crippen LogP contribution in [0.15, 0.2) is 29.3 Å². The van der Waals surface area contributed by atoms with Crippen LogP contribution in [0, 0.1) is 12.7 Å². The van der Waals surface area contributed by atoms with Crippen LogP contribution in [-0.2, 0) is 16.6 Å². The minimum absolute atomic E-state index is 0.0244. The monoisotopic (exact) mass is 303 g/mol. The third-order valence-corrected chi connectivity index (χ3v) is 4.30. The molecule has 0 radical (unpaired) electrons. The van der Waals surface area contributed by atoms with E-state index < -0.39 is 20.7 Å². The second kappa shape index (κ2) is 5.28. The summed E-state index contributed by atoms with van der Waals surface area (Å²) in [6.45, 7) is 1.78. The lowest BCUT2D eigenvalue weighted by Crippen LogP contribution is -2.24. The Kier molecular flexibility index (Phi) is 3.88. The predicted molar refractivity (Wildman–Crippen MR) is 68.8 cm³/mol. The van der Waals surface area contributed by atoms with E-state index >= 15 is 0 Å². The van der Waals surface area contributed by atoms with Crippen LogP contribution in [0.3, 0.4) is 0 Å². The summed E-state index contributed by atoms with van der Waals surface area (Å²) in [6, 6.07) is 3.82. The molecule has 0 saturated heterocycles. The van der Waals surface area contributed by atoms with Gasteiger partial charge in [0.2, 0.25) is 10.0 Å². The van der Waals surface area contributed by atoms with Crippen molar-refractivity contribution in [2.75, 3.05) is 0 Å². The van der Waals surface area contributed by atoms with Gasteiger partial charge in [-0.15, -0.1) is 0 Å². The first-order valence-corrected chi connectivity index (χ1v) is 7.20. The third kappa shape index (κ3) is 2.94. The van der Waals surface area contributed by atoms with Crippen LogP contribution >= 0.6 is 11.6 Å². The highest BCUT2D eigenvalue weighted by atomic mass is 35.5. The second-order valence-electron chi connectivity index (χ2n) is 3.90. The van der Waals surface area contributed by atoms with Crippen molar-refractivity contribution in [3.05, 3.63) is 46.5 Å². The van der Waals surface area contributed by atoms with E-state index in [1.807, 2.05) is 0 Å². The lowest BCUT2D eigenvalue weighted by molar-refractivity contribution is 0.557. The molecule has 0 amide bonds. The molecule has 0 unspecified atom stereocenters. The maximum Gasteiger partial charge on any atom is 0.243 e. The average Bonchev–Trinajstić information content (AvgIpc) is 2.76. The molecule has 0 spiro atoms. The Balaban J connectivity index is 2.24. The van der Waals surface area contributed by atoms with Gasteiger partial charge in [0.25, 0.3) is 0 Å². The number of H-pyrrole nitrogens is 1. The van der Waals surface area contributed by atoms with Gasteiger partial charge in [-0.05, 0) is 19.1 Å². The number of aromatic nitrogens is 2. The third-order valence-electron chi connectivity index (χ3n) is 2.59. The molecule has 0 atom stereocenters. The van der Waals surface area contributed by atoms with Gasteiger partial charge in [-0.2, -0.15) is 5.10 Å². The number of rotatable bonds is 4. The molecular formula is C11H11ClFN3O2S. The summed E-state index contributed by atoms with van der Waals surface area (Å²) in [4.78, 5) is -0.471. The SMILES string of the molecule is Cc1[nH]ncc1CNS(=O)(=O)c1cccc(Cl)c1F. The van der Waals surface area contributed by atoms with Gasteiger partial charge in [0.1, 0.15) is 4.90 Å². The largest absolute Gasteiger partial charge is 0.283 e. The quantitative estimate of drug-likeness (QED) is 0.907. The van der Waals surface area contributed by atoms with Gasteiger partial charge < -0.3 is 0 Å². The summed E-state index contributed by atoms with van der Waals surface area (Å²) >= 11 is 5.56. The number of hydrogen-bond donors (Lipinski definition) is 2.